The van der Waals surface area contributed by atoms with Crippen molar-refractivity contribution in [3.8, 4) is 0 Å². The van der Waals surface area contributed by atoms with Gasteiger partial charge in [0, 0.05) is 29.8 Å². The maximum atomic E-state index is 11.9. The van der Waals surface area contributed by atoms with Crippen molar-refractivity contribution >= 4 is 33.1 Å². The van der Waals surface area contributed by atoms with Gasteiger partial charge in [-0.05, 0) is 36.7 Å². The largest absolute Gasteiger partial charge is 0.441 e. The van der Waals surface area contributed by atoms with Gasteiger partial charge in [-0.2, -0.15) is 13.2 Å². The van der Waals surface area contributed by atoms with Crippen LogP contribution in [0.5, 0.6) is 0 Å². The molecule has 0 amide bonds. The van der Waals surface area contributed by atoms with Crippen LogP contribution >= 0.6 is 23.1 Å². The Balaban J connectivity index is 1.80. The molecule has 4 nitrogen and oxygen atoms in total. The topological polar surface area (TPSA) is 58.2 Å². The molecule has 120 valence electrons. The summed E-state index contributed by atoms with van der Waals surface area (Å²) < 4.78 is 61.9. The van der Waals surface area contributed by atoms with Crippen LogP contribution in [-0.4, -0.2) is 32.3 Å². The molecule has 0 atom stereocenters. The highest BCUT2D eigenvalue weighted by Gasteiger charge is 2.28. The Morgan fingerprint density at radius 1 is 1.33 bits per heavy atom. The zero-order valence-electron chi connectivity index (χ0n) is 10.9. The zero-order chi connectivity index (χ0) is 15.5. The average Bonchev–Trinajstić information content (AvgIpc) is 3.07. The van der Waals surface area contributed by atoms with Crippen molar-refractivity contribution in [2.45, 2.75) is 35.1 Å². The third-order valence-electron chi connectivity index (χ3n) is 2.70. The molecule has 21 heavy (non-hydrogen) atoms. The van der Waals surface area contributed by atoms with Crippen LogP contribution in [-0.2, 0) is 16.6 Å². The number of hydrogen-bond acceptors (Lipinski definition) is 5. The first-order chi connectivity index (χ1) is 9.76. The Labute approximate surface area is 129 Å². The molecule has 1 saturated carbocycles. The van der Waals surface area contributed by atoms with Gasteiger partial charge in [0.15, 0.2) is 0 Å². The number of halogens is 3. The smallest absolute Gasteiger partial charge is 0.309 e. The number of nitrogens with one attached hydrogen (secondary N) is 2. The number of hydrogen-bond donors (Lipinski definition) is 2. The molecule has 2 rings (SSSR count). The van der Waals surface area contributed by atoms with Gasteiger partial charge in [-0.3, -0.25) is 0 Å². The highest BCUT2D eigenvalue weighted by Crippen LogP contribution is 2.29. The van der Waals surface area contributed by atoms with Crippen LogP contribution in [0.3, 0.4) is 0 Å². The third-order valence-corrected chi connectivity index (χ3v) is 6.48. The highest BCUT2D eigenvalue weighted by molar-refractivity contribution is 8.00. The van der Waals surface area contributed by atoms with E-state index in [2.05, 4.69) is 10.0 Å². The van der Waals surface area contributed by atoms with E-state index in [4.69, 9.17) is 0 Å². The Morgan fingerprint density at radius 2 is 2.05 bits per heavy atom. The van der Waals surface area contributed by atoms with E-state index in [1.807, 2.05) is 0 Å². The molecule has 1 aliphatic carbocycles. The molecule has 1 aromatic rings. The predicted molar refractivity (Wildman–Crippen MR) is 77.9 cm³/mol. The number of sulfonamides is 1. The molecule has 0 unspecified atom stereocenters. The van der Waals surface area contributed by atoms with Gasteiger partial charge in [-0.15, -0.1) is 11.3 Å². The Bertz CT molecular complexity index is 568. The molecule has 1 aliphatic rings. The fourth-order valence-electron chi connectivity index (χ4n) is 1.54. The maximum Gasteiger partial charge on any atom is 0.441 e. The molecule has 10 heteroatoms. The lowest BCUT2D eigenvalue weighted by Crippen LogP contribution is -2.26. The van der Waals surface area contributed by atoms with Crippen LogP contribution < -0.4 is 10.0 Å². The summed E-state index contributed by atoms with van der Waals surface area (Å²) in [6.07, 6.45) is 2.30. The molecular weight excluding hydrogens is 345 g/mol. The SMILES string of the molecule is O=S(=O)(NCCSC(F)(F)F)c1ccc(CNC2CC2)s1. The van der Waals surface area contributed by atoms with Gasteiger partial charge in [0.2, 0.25) is 10.0 Å². The number of rotatable bonds is 8. The lowest BCUT2D eigenvalue weighted by Gasteiger charge is -2.06. The summed E-state index contributed by atoms with van der Waals surface area (Å²) in [4.78, 5) is 0.895. The van der Waals surface area contributed by atoms with Crippen molar-refractivity contribution in [2.24, 2.45) is 0 Å². The van der Waals surface area contributed by atoms with Crippen LogP contribution in [0.4, 0.5) is 13.2 Å². The van der Waals surface area contributed by atoms with Crippen molar-refractivity contribution in [1.82, 2.24) is 10.0 Å². The van der Waals surface area contributed by atoms with Crippen LogP contribution in [0.15, 0.2) is 16.3 Å². The van der Waals surface area contributed by atoms with Crippen LogP contribution in [0, 0.1) is 0 Å². The molecule has 1 aromatic heterocycles. The van der Waals surface area contributed by atoms with Crippen molar-refractivity contribution < 1.29 is 21.6 Å². The Hall–Kier alpha value is -0.290. The van der Waals surface area contributed by atoms with Crippen LogP contribution in [0.1, 0.15) is 17.7 Å². The maximum absolute atomic E-state index is 11.9. The van der Waals surface area contributed by atoms with Gasteiger partial charge < -0.3 is 5.32 Å². The molecule has 1 fully saturated rings. The first-order valence-corrected chi connectivity index (χ1v) is 9.57. The van der Waals surface area contributed by atoms with Crippen molar-refractivity contribution in [1.29, 1.82) is 0 Å². The summed E-state index contributed by atoms with van der Waals surface area (Å²) in [7, 11) is -3.72. The normalized spacial score (nSPS) is 16.3. The zero-order valence-corrected chi connectivity index (χ0v) is 13.4. The van der Waals surface area contributed by atoms with E-state index < -0.39 is 15.5 Å². The second-order valence-electron chi connectivity index (χ2n) is 4.57. The molecule has 2 N–H and O–H groups in total. The summed E-state index contributed by atoms with van der Waals surface area (Å²) in [5.74, 6) is -0.343. The predicted octanol–water partition coefficient (Wildman–Crippen LogP) is 2.53. The first kappa shape index (κ1) is 17.1. The molecule has 1 heterocycles. The van der Waals surface area contributed by atoms with E-state index >= 15 is 0 Å². The Morgan fingerprint density at radius 3 is 2.67 bits per heavy atom. The third kappa shape index (κ3) is 6.15. The average molecular weight is 360 g/mol. The van der Waals surface area contributed by atoms with Crippen molar-refractivity contribution in [3.63, 3.8) is 0 Å². The lowest BCUT2D eigenvalue weighted by atomic mass is 10.4. The standard InChI is InChI=1S/C11H15F3N2O2S3/c12-11(13,14)19-6-5-16-21(17,18)10-4-3-9(20-10)7-15-8-1-2-8/h3-4,8,15-16H,1-2,5-7H2. The number of thioether (sulfide) groups is 1. The fraction of sp³-hybridized carbons (Fsp3) is 0.636. The summed E-state index contributed by atoms with van der Waals surface area (Å²) in [6.45, 7) is 0.370. The number of thiophene rings is 1. The minimum Gasteiger partial charge on any atom is -0.309 e. The summed E-state index contributed by atoms with van der Waals surface area (Å²) in [5, 5.41) is 3.27. The van der Waals surface area contributed by atoms with E-state index in [1.54, 1.807) is 6.07 Å². The Kier molecular flexibility index (Phi) is 5.58. The summed E-state index contributed by atoms with van der Waals surface area (Å²) >= 11 is 0.891. The minimum absolute atomic E-state index is 0.132. The van der Waals surface area contributed by atoms with E-state index in [0.29, 0.717) is 12.6 Å². The van der Waals surface area contributed by atoms with Crippen LogP contribution in [0.25, 0.3) is 0 Å². The molecule has 0 aliphatic heterocycles. The minimum atomic E-state index is -4.34. The van der Waals surface area contributed by atoms with Crippen molar-refractivity contribution in [2.75, 3.05) is 12.3 Å². The van der Waals surface area contributed by atoms with Gasteiger partial charge in [0.05, 0.1) is 0 Å². The fourth-order valence-corrected chi connectivity index (χ4v) is 4.49. The molecule has 0 spiro atoms. The van der Waals surface area contributed by atoms with Crippen LogP contribution in [0.2, 0.25) is 0 Å². The second-order valence-corrected chi connectivity index (χ2v) is 8.89. The second kappa shape index (κ2) is 6.86. The summed E-state index contributed by atoms with van der Waals surface area (Å²) in [5.41, 5.74) is -4.34. The van der Waals surface area contributed by atoms with Gasteiger partial charge in [0.25, 0.3) is 0 Å². The van der Waals surface area contributed by atoms with Crippen molar-refractivity contribution in [3.05, 3.63) is 17.0 Å². The first-order valence-electron chi connectivity index (χ1n) is 6.29. The lowest BCUT2D eigenvalue weighted by molar-refractivity contribution is -0.0327. The molecular formula is C11H15F3N2O2S3. The van der Waals surface area contributed by atoms with E-state index in [9.17, 15) is 21.6 Å². The van der Waals surface area contributed by atoms with E-state index in [-0.39, 0.29) is 28.3 Å². The quantitative estimate of drug-likeness (QED) is 0.700. The molecule has 0 radical (unpaired) electrons. The molecule has 0 aromatic carbocycles. The van der Waals surface area contributed by atoms with Gasteiger partial charge >= 0.3 is 5.51 Å². The van der Waals surface area contributed by atoms with E-state index in [0.717, 1.165) is 29.1 Å². The molecule has 0 saturated heterocycles. The number of alkyl halides is 3. The van der Waals surface area contributed by atoms with E-state index in [1.165, 1.54) is 6.07 Å². The molecule has 0 bridgehead atoms. The highest BCUT2D eigenvalue weighted by atomic mass is 32.2. The summed E-state index contributed by atoms with van der Waals surface area (Å²) in [6, 6.07) is 3.73. The monoisotopic (exact) mass is 360 g/mol. The van der Waals surface area contributed by atoms with Gasteiger partial charge in [-0.25, -0.2) is 13.1 Å². The van der Waals surface area contributed by atoms with Gasteiger partial charge in [0.1, 0.15) is 4.21 Å². The van der Waals surface area contributed by atoms with Gasteiger partial charge in [-0.1, -0.05) is 0 Å².